The van der Waals surface area contributed by atoms with Gasteiger partial charge in [-0.25, -0.2) is 0 Å². The summed E-state index contributed by atoms with van der Waals surface area (Å²) in [5.74, 6) is 0. The first kappa shape index (κ1) is 41.2. The van der Waals surface area contributed by atoms with Crippen LogP contribution >= 0.6 is 0 Å². The van der Waals surface area contributed by atoms with Crippen LogP contribution in [0.1, 0.15) is 47.9 Å². The number of rotatable bonds is 0. The lowest BCUT2D eigenvalue weighted by Gasteiger charge is -1.98. The third-order valence-electron chi connectivity index (χ3n) is 10.8. The van der Waals surface area contributed by atoms with Crippen molar-refractivity contribution >= 4 is 29.0 Å². The van der Waals surface area contributed by atoms with E-state index in [2.05, 4.69) is 219 Å². The molecular formula is C60H54. The molecule has 0 spiro atoms. The highest BCUT2D eigenvalue weighted by Gasteiger charge is 2.16. The summed E-state index contributed by atoms with van der Waals surface area (Å²) in [7, 11) is 0. The number of allylic oxidation sites excluding steroid dienone is 11. The summed E-state index contributed by atoms with van der Waals surface area (Å²) in [6, 6.07) is 63.0. The van der Waals surface area contributed by atoms with E-state index in [1.54, 1.807) is 0 Å². The minimum absolute atomic E-state index is 1.10. The molecule has 0 aliphatic heterocycles. The van der Waals surface area contributed by atoms with E-state index in [1.807, 2.05) is 36.4 Å². The Morgan fingerprint density at radius 2 is 0.717 bits per heavy atom. The van der Waals surface area contributed by atoms with Crippen LogP contribution in [0.3, 0.4) is 0 Å². The molecule has 0 nitrogen and oxygen atoms in total. The van der Waals surface area contributed by atoms with Gasteiger partial charge < -0.3 is 0 Å². The van der Waals surface area contributed by atoms with Gasteiger partial charge in [0.25, 0.3) is 0 Å². The average molecular weight is 775 g/mol. The third-order valence-corrected chi connectivity index (χ3v) is 10.8. The second-order valence-corrected chi connectivity index (χ2v) is 14.9. The molecular weight excluding hydrogens is 721 g/mol. The first-order valence-electron chi connectivity index (χ1n) is 21.3. The zero-order valence-corrected chi connectivity index (χ0v) is 34.5. The van der Waals surface area contributed by atoms with Crippen LogP contribution in [0.25, 0.3) is 40.1 Å². The van der Waals surface area contributed by atoms with Gasteiger partial charge in [-0.15, -0.1) is 0 Å². The van der Waals surface area contributed by atoms with Gasteiger partial charge in [-0.3, -0.25) is 0 Å². The maximum atomic E-state index is 2.25. The molecule has 6 aliphatic rings. The molecule has 0 atom stereocenters. The van der Waals surface area contributed by atoms with Gasteiger partial charge in [0.15, 0.2) is 0 Å². The van der Waals surface area contributed by atoms with Crippen LogP contribution in [0.15, 0.2) is 248 Å². The predicted octanol–water partition coefficient (Wildman–Crippen LogP) is 14.4. The highest BCUT2D eigenvalue weighted by atomic mass is 14.2. The van der Waals surface area contributed by atoms with E-state index in [9.17, 15) is 0 Å². The van der Waals surface area contributed by atoms with Gasteiger partial charge in [-0.05, 0) is 104 Å². The van der Waals surface area contributed by atoms with Crippen molar-refractivity contribution in [2.75, 3.05) is 0 Å². The Balaban J connectivity index is 0.000000108. The van der Waals surface area contributed by atoms with Crippen molar-refractivity contribution in [3.63, 3.8) is 0 Å². The normalized spacial score (nSPS) is 13.8. The van der Waals surface area contributed by atoms with Gasteiger partial charge in [-0.2, -0.15) is 0 Å². The fraction of sp³-hybridized carbons (Fsp3) is 0.100. The van der Waals surface area contributed by atoms with Crippen LogP contribution in [-0.2, 0) is 12.8 Å². The Kier molecular flexibility index (Phi) is 15.6. The summed E-state index contributed by atoms with van der Waals surface area (Å²) >= 11 is 0. The zero-order valence-electron chi connectivity index (χ0n) is 34.5. The summed E-state index contributed by atoms with van der Waals surface area (Å²) in [6.07, 6.45) is 33.0. The maximum absolute atomic E-state index is 2.25. The van der Waals surface area contributed by atoms with E-state index in [4.69, 9.17) is 0 Å². The lowest BCUT2D eigenvalue weighted by atomic mass is 10.1. The van der Waals surface area contributed by atoms with E-state index < -0.39 is 0 Å². The first-order valence-corrected chi connectivity index (χ1v) is 21.3. The minimum atomic E-state index is 1.10. The molecule has 0 heteroatoms. The summed E-state index contributed by atoms with van der Waals surface area (Å²) < 4.78 is 0. The van der Waals surface area contributed by atoms with Gasteiger partial charge in [0, 0.05) is 0 Å². The largest absolute Gasteiger partial charge is 0.0808 e. The number of hydrogen-bond acceptors (Lipinski definition) is 0. The van der Waals surface area contributed by atoms with Crippen molar-refractivity contribution in [1.82, 2.24) is 0 Å². The number of hydrogen-bond donors (Lipinski definition) is 0. The Morgan fingerprint density at radius 3 is 1.18 bits per heavy atom. The molecule has 0 bridgehead atoms. The predicted molar refractivity (Wildman–Crippen MR) is 261 cm³/mol. The topological polar surface area (TPSA) is 0 Å². The molecule has 0 amide bonds. The van der Waals surface area contributed by atoms with Gasteiger partial charge in [0.1, 0.15) is 0 Å². The Bertz CT molecular complexity index is 2550. The lowest BCUT2D eigenvalue weighted by molar-refractivity contribution is 1.26. The Hall–Kier alpha value is -7.02. The third kappa shape index (κ3) is 12.2. The minimum Gasteiger partial charge on any atom is -0.0808 e. The summed E-state index contributed by atoms with van der Waals surface area (Å²) in [5.41, 5.74) is 11.7. The van der Waals surface area contributed by atoms with Crippen molar-refractivity contribution < 1.29 is 0 Å². The summed E-state index contributed by atoms with van der Waals surface area (Å²) in [6.45, 7) is 0. The van der Waals surface area contributed by atoms with E-state index in [0.29, 0.717) is 0 Å². The molecule has 0 heterocycles. The molecule has 6 aliphatic carbocycles. The zero-order chi connectivity index (χ0) is 40.9. The van der Waals surface area contributed by atoms with Crippen molar-refractivity contribution in [3.05, 3.63) is 281 Å². The van der Waals surface area contributed by atoms with Gasteiger partial charge >= 0.3 is 0 Å². The standard InChI is InChI=1S/C13H10.C10H8.2C9H8.C8H8.C6H6.C5H6/c1-3-7-12-10(5-1)9-11-6-2-4-8-13(11)12;1-2-6-10-8-4-3-7-9(10)5-1;2*1-2-5-9-7-3-6-8(9)4-1;1-3-7-5-2-6-8(7)4-1;1-2-4-6-5-3-1;1-2-4-5-3-1/h1-8H,9H2;1-8H;1-2,4-7H,3H2;1-6H,7H2;1-3,6H,4-5H2;1-6H;1-4H,5H2. The molecule has 0 saturated carbocycles. The van der Waals surface area contributed by atoms with Crippen LogP contribution < -0.4 is 10.4 Å². The second-order valence-electron chi connectivity index (χ2n) is 14.9. The van der Waals surface area contributed by atoms with Crippen molar-refractivity contribution in [2.24, 2.45) is 0 Å². The average Bonchev–Trinajstić information content (AvgIpc) is 4.19. The van der Waals surface area contributed by atoms with E-state index in [-0.39, 0.29) is 0 Å². The van der Waals surface area contributed by atoms with E-state index in [1.165, 1.54) is 78.6 Å². The number of benzene rings is 7. The van der Waals surface area contributed by atoms with Crippen LogP contribution in [0.4, 0.5) is 0 Å². The van der Waals surface area contributed by atoms with Gasteiger partial charge in [-0.1, -0.05) is 255 Å². The molecule has 0 saturated heterocycles. The molecule has 0 radical (unpaired) electrons. The van der Waals surface area contributed by atoms with Crippen LogP contribution in [-0.4, -0.2) is 0 Å². The Morgan fingerprint density at radius 1 is 0.300 bits per heavy atom. The highest BCUT2D eigenvalue weighted by molar-refractivity contribution is 5.82. The fourth-order valence-corrected chi connectivity index (χ4v) is 7.65. The van der Waals surface area contributed by atoms with Crippen LogP contribution in [0, 0.1) is 0 Å². The monoisotopic (exact) mass is 774 g/mol. The molecule has 0 fully saturated rings. The van der Waals surface area contributed by atoms with Crippen molar-refractivity contribution in [2.45, 2.75) is 38.5 Å². The van der Waals surface area contributed by atoms with Crippen molar-refractivity contribution in [1.29, 1.82) is 0 Å². The molecule has 0 aromatic heterocycles. The summed E-state index contributed by atoms with van der Waals surface area (Å²) in [5, 5.41) is 5.39. The Labute approximate surface area is 357 Å². The molecule has 0 N–H and O–H groups in total. The van der Waals surface area contributed by atoms with E-state index in [0.717, 1.165) is 25.7 Å². The molecule has 13 rings (SSSR count). The van der Waals surface area contributed by atoms with Crippen LogP contribution in [0.2, 0.25) is 0 Å². The smallest absolute Gasteiger partial charge is 0.00135 e. The van der Waals surface area contributed by atoms with Crippen LogP contribution in [0.5, 0.6) is 0 Å². The highest BCUT2D eigenvalue weighted by Crippen LogP contribution is 2.35. The van der Waals surface area contributed by atoms with E-state index >= 15 is 0 Å². The second kappa shape index (κ2) is 22.8. The SMILES string of the molecule is C1=CC2=C(C=CC2)C1.C1=CCC=C1.C1=Cc2ccccc2C1.C1=c2ccccc2=CC1.c1ccc2c(c1)Cc1ccccc1-2.c1ccc2ccccc2c1.c1ccccc1. The van der Waals surface area contributed by atoms with Gasteiger partial charge in [0.2, 0.25) is 0 Å². The number of fused-ring (bicyclic) bond motifs is 6. The molecule has 7 aromatic rings. The maximum Gasteiger partial charge on any atom is -0.00135 e. The molecule has 294 valence electrons. The summed E-state index contributed by atoms with van der Waals surface area (Å²) in [4.78, 5) is 0. The van der Waals surface area contributed by atoms with Gasteiger partial charge in [0.05, 0.1) is 0 Å². The fourth-order valence-electron chi connectivity index (χ4n) is 7.65. The molecule has 0 unspecified atom stereocenters. The lowest BCUT2D eigenvalue weighted by Crippen LogP contribution is -2.19. The first-order chi connectivity index (χ1) is 29.8. The molecule has 7 aromatic carbocycles. The quantitative estimate of drug-likeness (QED) is 0.144. The van der Waals surface area contributed by atoms with Crippen molar-refractivity contribution in [3.8, 4) is 11.1 Å². The molecule has 60 heavy (non-hydrogen) atoms.